The third-order valence-corrected chi connectivity index (χ3v) is 5.82. The molecule has 0 atom stereocenters. The van der Waals surface area contributed by atoms with Crippen LogP contribution >= 0.6 is 31.4 Å². The highest BCUT2D eigenvalue weighted by molar-refractivity contribution is 9.09. The van der Waals surface area contributed by atoms with E-state index in [0.717, 1.165) is 11.8 Å². The van der Waals surface area contributed by atoms with Crippen LogP contribution in [0.3, 0.4) is 0 Å². The van der Waals surface area contributed by atoms with Gasteiger partial charge in [0.2, 0.25) is 0 Å². The van der Waals surface area contributed by atoms with E-state index in [-0.39, 0.29) is 0 Å². The number of rotatable bonds is 6. The molecular formula is C8H18S3. The van der Waals surface area contributed by atoms with Crippen LogP contribution in [0.25, 0.3) is 0 Å². The van der Waals surface area contributed by atoms with Crippen LogP contribution in [0.15, 0.2) is 0 Å². The minimum absolute atomic E-state index is 0.826. The van der Waals surface area contributed by atoms with Crippen molar-refractivity contribution in [1.82, 2.24) is 0 Å². The summed E-state index contributed by atoms with van der Waals surface area (Å²) in [6.07, 6.45) is 0. The van der Waals surface area contributed by atoms with E-state index in [0.29, 0.717) is 0 Å². The normalized spacial score (nSPS) is 11.5. The summed E-state index contributed by atoms with van der Waals surface area (Å²) in [6, 6.07) is 0. The molecule has 0 radical (unpaired) electrons. The SMILES string of the molecule is CC(C)CSSSCC(C)C. The Hall–Kier alpha value is 1.05. The molecule has 0 aromatic carbocycles. The monoisotopic (exact) mass is 210 g/mol. The largest absolute Gasteiger partial charge is 0.0823 e. The van der Waals surface area contributed by atoms with E-state index in [4.69, 9.17) is 0 Å². The molecule has 0 aliphatic rings. The van der Waals surface area contributed by atoms with Gasteiger partial charge in [-0.25, -0.2) is 0 Å². The van der Waals surface area contributed by atoms with Crippen molar-refractivity contribution in [3.63, 3.8) is 0 Å². The first-order valence-corrected chi connectivity index (χ1v) is 7.86. The summed E-state index contributed by atoms with van der Waals surface area (Å²) >= 11 is 0. The zero-order valence-corrected chi connectivity index (χ0v) is 10.2. The third-order valence-electron chi connectivity index (χ3n) is 0.899. The van der Waals surface area contributed by atoms with Crippen LogP contribution in [-0.4, -0.2) is 11.5 Å². The predicted octanol–water partition coefficient (Wildman–Crippen LogP) is 4.33. The van der Waals surface area contributed by atoms with E-state index in [9.17, 15) is 0 Å². The molecule has 0 saturated carbocycles. The van der Waals surface area contributed by atoms with Gasteiger partial charge < -0.3 is 0 Å². The van der Waals surface area contributed by atoms with Crippen molar-refractivity contribution < 1.29 is 0 Å². The van der Waals surface area contributed by atoms with E-state index in [1.54, 1.807) is 0 Å². The molecule has 0 saturated heterocycles. The first-order chi connectivity index (χ1) is 5.13. The Balaban J connectivity index is 2.91. The molecule has 0 spiro atoms. The topological polar surface area (TPSA) is 0 Å². The smallest absolute Gasteiger partial charge is 0.00682 e. The maximum absolute atomic E-state index is 2.26. The minimum Gasteiger partial charge on any atom is -0.0823 e. The zero-order chi connectivity index (χ0) is 8.69. The summed E-state index contributed by atoms with van der Waals surface area (Å²) in [5.74, 6) is 4.20. The maximum atomic E-state index is 2.26. The van der Waals surface area contributed by atoms with Crippen molar-refractivity contribution in [3.8, 4) is 0 Å². The Morgan fingerprint density at radius 1 is 0.818 bits per heavy atom. The molecule has 0 rings (SSSR count). The lowest BCUT2D eigenvalue weighted by Gasteiger charge is -2.04. The standard InChI is InChI=1S/C8H18S3/c1-7(2)5-9-11-10-6-8(3)4/h7-8H,5-6H2,1-4H3. The molecule has 0 nitrogen and oxygen atoms in total. The van der Waals surface area contributed by atoms with Crippen molar-refractivity contribution in [2.24, 2.45) is 11.8 Å². The van der Waals surface area contributed by atoms with Crippen LogP contribution in [0.1, 0.15) is 27.7 Å². The molecule has 11 heavy (non-hydrogen) atoms. The van der Waals surface area contributed by atoms with Crippen molar-refractivity contribution >= 4 is 31.4 Å². The van der Waals surface area contributed by atoms with Crippen molar-refractivity contribution in [1.29, 1.82) is 0 Å². The number of hydrogen-bond acceptors (Lipinski definition) is 3. The predicted molar refractivity (Wildman–Crippen MR) is 62.2 cm³/mol. The van der Waals surface area contributed by atoms with Crippen LogP contribution in [0.2, 0.25) is 0 Å². The fourth-order valence-corrected chi connectivity index (χ4v) is 4.87. The molecule has 0 unspecified atom stereocenters. The van der Waals surface area contributed by atoms with Crippen LogP contribution < -0.4 is 0 Å². The van der Waals surface area contributed by atoms with Gasteiger partial charge >= 0.3 is 0 Å². The van der Waals surface area contributed by atoms with Crippen LogP contribution in [0.5, 0.6) is 0 Å². The molecule has 0 fully saturated rings. The van der Waals surface area contributed by atoms with Gasteiger partial charge in [0.25, 0.3) is 0 Å². The third kappa shape index (κ3) is 11.0. The average molecular weight is 210 g/mol. The first kappa shape index (κ1) is 12.0. The fourth-order valence-electron chi connectivity index (χ4n) is 0.362. The second kappa shape index (κ2) is 7.69. The molecule has 68 valence electrons. The Kier molecular flexibility index (Phi) is 8.42. The average Bonchev–Trinajstić information content (AvgIpc) is 1.85. The van der Waals surface area contributed by atoms with Crippen molar-refractivity contribution in [3.05, 3.63) is 0 Å². The lowest BCUT2D eigenvalue weighted by atomic mass is 10.3. The van der Waals surface area contributed by atoms with Gasteiger partial charge in [0.15, 0.2) is 0 Å². The second-order valence-electron chi connectivity index (χ2n) is 3.42. The van der Waals surface area contributed by atoms with Gasteiger partial charge in [-0.1, -0.05) is 49.3 Å². The summed E-state index contributed by atoms with van der Waals surface area (Å²) in [7, 11) is 5.91. The van der Waals surface area contributed by atoms with Gasteiger partial charge in [-0.2, -0.15) is 0 Å². The summed E-state index contributed by atoms with van der Waals surface area (Å²) in [4.78, 5) is 0. The minimum atomic E-state index is 0.826. The van der Waals surface area contributed by atoms with Crippen LogP contribution in [-0.2, 0) is 0 Å². The molecule has 0 aromatic rings. The lowest BCUT2D eigenvalue weighted by molar-refractivity contribution is 0.752. The van der Waals surface area contributed by atoms with Crippen LogP contribution in [0, 0.1) is 11.8 Å². The van der Waals surface area contributed by atoms with E-state index < -0.39 is 0 Å². The number of hydrogen-bond donors (Lipinski definition) is 0. The summed E-state index contributed by atoms with van der Waals surface area (Å²) in [5, 5.41) is 0. The van der Waals surface area contributed by atoms with Gasteiger partial charge in [-0.05, 0) is 21.7 Å². The van der Waals surface area contributed by atoms with E-state index in [1.165, 1.54) is 11.5 Å². The highest BCUT2D eigenvalue weighted by Crippen LogP contribution is 2.36. The maximum Gasteiger partial charge on any atom is 0.00682 e. The van der Waals surface area contributed by atoms with Gasteiger partial charge in [0.1, 0.15) is 0 Å². The van der Waals surface area contributed by atoms with Gasteiger partial charge in [0.05, 0.1) is 0 Å². The Bertz CT molecular complexity index is 71.4. The van der Waals surface area contributed by atoms with E-state index >= 15 is 0 Å². The highest BCUT2D eigenvalue weighted by atomic mass is 33.5. The molecule has 0 aromatic heterocycles. The summed E-state index contributed by atoms with van der Waals surface area (Å²) < 4.78 is 0. The van der Waals surface area contributed by atoms with Crippen molar-refractivity contribution in [2.45, 2.75) is 27.7 Å². The fraction of sp³-hybridized carbons (Fsp3) is 1.00. The Morgan fingerprint density at radius 3 is 1.45 bits per heavy atom. The molecule has 0 N–H and O–H groups in total. The first-order valence-electron chi connectivity index (χ1n) is 4.04. The molecule has 0 aliphatic heterocycles. The molecule has 3 heteroatoms. The molecule has 0 amide bonds. The highest BCUT2D eigenvalue weighted by Gasteiger charge is 1.97. The van der Waals surface area contributed by atoms with Crippen molar-refractivity contribution in [2.75, 3.05) is 11.5 Å². The second-order valence-corrected chi connectivity index (χ2v) is 7.75. The Labute approximate surface area is 82.5 Å². The van der Waals surface area contributed by atoms with Gasteiger partial charge in [-0.3, -0.25) is 0 Å². The lowest BCUT2D eigenvalue weighted by Crippen LogP contribution is -1.89. The molecule has 0 heterocycles. The summed E-state index contributed by atoms with van der Waals surface area (Å²) in [6.45, 7) is 9.06. The van der Waals surface area contributed by atoms with E-state index in [1.807, 2.05) is 31.4 Å². The molecule has 0 aliphatic carbocycles. The summed E-state index contributed by atoms with van der Waals surface area (Å²) in [5.41, 5.74) is 0. The van der Waals surface area contributed by atoms with Gasteiger partial charge in [-0.15, -0.1) is 0 Å². The van der Waals surface area contributed by atoms with Crippen LogP contribution in [0.4, 0.5) is 0 Å². The molecule has 0 bridgehead atoms. The quantitative estimate of drug-likeness (QED) is 0.473. The molecular weight excluding hydrogens is 192 g/mol. The van der Waals surface area contributed by atoms with Gasteiger partial charge in [0, 0.05) is 11.5 Å². The van der Waals surface area contributed by atoms with E-state index in [2.05, 4.69) is 27.7 Å². The Morgan fingerprint density at radius 2 is 1.18 bits per heavy atom. The zero-order valence-electron chi connectivity index (χ0n) is 7.79.